The maximum absolute atomic E-state index is 13.0. The minimum atomic E-state index is -4.92. The van der Waals surface area contributed by atoms with Gasteiger partial charge in [-0.05, 0) is 31.2 Å². The Kier molecular flexibility index (Phi) is 5.44. The summed E-state index contributed by atoms with van der Waals surface area (Å²) < 4.78 is 48.0. The Morgan fingerprint density at radius 2 is 1.62 bits per heavy atom. The van der Waals surface area contributed by atoms with E-state index >= 15 is 0 Å². The molecule has 4 rings (SSSR count). The monoisotopic (exact) mass is 439 g/mol. The fraction of sp³-hybridized carbons (Fsp3) is 0.0833. The first-order chi connectivity index (χ1) is 15.2. The van der Waals surface area contributed by atoms with E-state index in [1.54, 1.807) is 31.2 Å². The predicted octanol–water partition coefficient (Wildman–Crippen LogP) is 5.92. The zero-order valence-electron chi connectivity index (χ0n) is 16.7. The van der Waals surface area contributed by atoms with Crippen molar-refractivity contribution in [1.29, 1.82) is 0 Å². The molecule has 0 radical (unpaired) electrons. The molecule has 0 aliphatic rings. The number of hydrogen-bond donors (Lipinski definition) is 1. The van der Waals surface area contributed by atoms with E-state index in [0.29, 0.717) is 16.9 Å². The summed E-state index contributed by atoms with van der Waals surface area (Å²) in [7, 11) is 0. The van der Waals surface area contributed by atoms with Crippen molar-refractivity contribution in [3.63, 3.8) is 0 Å². The largest absolute Gasteiger partial charge is 0.573 e. The lowest BCUT2D eigenvalue weighted by Gasteiger charge is -2.14. The van der Waals surface area contributed by atoms with Gasteiger partial charge in [0, 0.05) is 11.1 Å². The summed E-state index contributed by atoms with van der Waals surface area (Å²) in [5, 5.41) is 2.60. The zero-order chi connectivity index (χ0) is 22.9. The molecule has 0 fully saturated rings. The lowest BCUT2D eigenvalue weighted by Crippen LogP contribution is -2.20. The van der Waals surface area contributed by atoms with E-state index in [9.17, 15) is 22.8 Å². The Balaban J connectivity index is 1.80. The van der Waals surface area contributed by atoms with Gasteiger partial charge in [0.15, 0.2) is 16.8 Å². The van der Waals surface area contributed by atoms with Crippen LogP contribution in [0.2, 0.25) is 0 Å². The molecule has 0 aliphatic heterocycles. The van der Waals surface area contributed by atoms with Gasteiger partial charge in [0.1, 0.15) is 5.76 Å². The van der Waals surface area contributed by atoms with Crippen molar-refractivity contribution >= 4 is 22.6 Å². The van der Waals surface area contributed by atoms with Crippen LogP contribution in [-0.2, 0) is 0 Å². The third-order valence-electron chi connectivity index (χ3n) is 4.79. The lowest BCUT2D eigenvalue weighted by atomic mass is 10.0. The Labute approximate surface area is 180 Å². The maximum atomic E-state index is 13.0. The summed E-state index contributed by atoms with van der Waals surface area (Å²) >= 11 is 0. The van der Waals surface area contributed by atoms with E-state index in [4.69, 9.17) is 4.42 Å². The molecule has 0 saturated carbocycles. The number of alkyl halides is 3. The first-order valence-corrected chi connectivity index (χ1v) is 9.52. The van der Waals surface area contributed by atoms with Crippen LogP contribution in [0.1, 0.15) is 15.9 Å². The number of anilines is 1. The SMILES string of the molecule is Cc1c(-c2ccccc2)oc2c(C(=O)Nc3ccccc3OC(F)(F)F)cccc2c1=O. The number of carbonyl (C=O) groups excluding carboxylic acids is 1. The fourth-order valence-corrected chi connectivity index (χ4v) is 3.33. The van der Waals surface area contributed by atoms with E-state index in [1.807, 2.05) is 6.07 Å². The van der Waals surface area contributed by atoms with Crippen LogP contribution >= 0.6 is 0 Å². The van der Waals surface area contributed by atoms with Crippen molar-refractivity contribution in [1.82, 2.24) is 0 Å². The number of nitrogens with one attached hydrogen (secondary N) is 1. The van der Waals surface area contributed by atoms with Crippen molar-refractivity contribution in [2.45, 2.75) is 13.3 Å². The molecule has 32 heavy (non-hydrogen) atoms. The highest BCUT2D eigenvalue weighted by molar-refractivity contribution is 6.12. The highest BCUT2D eigenvalue weighted by Crippen LogP contribution is 2.31. The third kappa shape index (κ3) is 4.20. The quantitative estimate of drug-likeness (QED) is 0.429. The van der Waals surface area contributed by atoms with Crippen LogP contribution in [0.25, 0.3) is 22.3 Å². The predicted molar refractivity (Wildman–Crippen MR) is 114 cm³/mol. The van der Waals surface area contributed by atoms with Gasteiger partial charge < -0.3 is 14.5 Å². The highest BCUT2D eigenvalue weighted by atomic mass is 19.4. The lowest BCUT2D eigenvalue weighted by molar-refractivity contribution is -0.274. The van der Waals surface area contributed by atoms with Crippen LogP contribution in [0.3, 0.4) is 0 Å². The number of ether oxygens (including phenoxy) is 1. The molecule has 1 amide bonds. The molecule has 5 nitrogen and oxygen atoms in total. The van der Waals surface area contributed by atoms with E-state index in [1.165, 1.54) is 36.4 Å². The van der Waals surface area contributed by atoms with Crippen LogP contribution < -0.4 is 15.5 Å². The number of carbonyl (C=O) groups is 1. The summed E-state index contributed by atoms with van der Waals surface area (Å²) in [6, 6.07) is 18.6. The normalized spacial score (nSPS) is 11.4. The van der Waals surface area contributed by atoms with E-state index < -0.39 is 18.0 Å². The number of hydrogen-bond acceptors (Lipinski definition) is 4. The maximum Gasteiger partial charge on any atom is 0.573 e. The highest BCUT2D eigenvalue weighted by Gasteiger charge is 2.32. The second-order valence-corrected chi connectivity index (χ2v) is 6.93. The number of rotatable bonds is 4. The van der Waals surface area contributed by atoms with Gasteiger partial charge in [0.25, 0.3) is 5.91 Å². The van der Waals surface area contributed by atoms with Gasteiger partial charge in [-0.3, -0.25) is 9.59 Å². The van der Waals surface area contributed by atoms with Gasteiger partial charge in [0.05, 0.1) is 16.6 Å². The second-order valence-electron chi connectivity index (χ2n) is 6.93. The summed E-state index contributed by atoms with van der Waals surface area (Å²) in [6.45, 7) is 1.63. The Hall–Kier alpha value is -4.07. The van der Waals surface area contributed by atoms with Crippen molar-refractivity contribution in [2.24, 2.45) is 0 Å². The molecule has 0 aliphatic carbocycles. The molecule has 8 heteroatoms. The molecule has 1 heterocycles. The first-order valence-electron chi connectivity index (χ1n) is 9.52. The number of para-hydroxylation sites is 3. The summed E-state index contributed by atoms with van der Waals surface area (Å²) in [5.74, 6) is -1.00. The molecule has 4 aromatic rings. The van der Waals surface area contributed by atoms with Crippen LogP contribution in [0.15, 0.2) is 82.0 Å². The van der Waals surface area contributed by atoms with E-state index in [0.717, 1.165) is 6.07 Å². The van der Waals surface area contributed by atoms with Crippen molar-refractivity contribution in [3.05, 3.63) is 94.1 Å². The number of amides is 1. The molecular weight excluding hydrogens is 423 g/mol. The molecule has 1 aromatic heterocycles. The molecule has 0 saturated heterocycles. The molecular formula is C24H16F3NO4. The van der Waals surface area contributed by atoms with E-state index in [-0.39, 0.29) is 27.6 Å². The topological polar surface area (TPSA) is 68.5 Å². The average Bonchev–Trinajstić information content (AvgIpc) is 2.76. The number of halogens is 3. The first kappa shape index (κ1) is 21.2. The molecule has 1 N–H and O–H groups in total. The third-order valence-corrected chi connectivity index (χ3v) is 4.79. The van der Waals surface area contributed by atoms with E-state index in [2.05, 4.69) is 10.1 Å². The molecule has 0 bridgehead atoms. The standard InChI is InChI=1S/C24H16F3NO4/c1-14-20(29)16-10-7-11-17(22(16)31-21(14)15-8-3-2-4-9-15)23(30)28-18-12-5-6-13-19(18)32-24(25,26)27/h2-13H,1H3,(H,28,30). The van der Waals surface area contributed by atoms with Crippen LogP contribution in [0.4, 0.5) is 18.9 Å². The van der Waals surface area contributed by atoms with Crippen molar-refractivity contribution < 1.29 is 27.1 Å². The van der Waals surface area contributed by atoms with Gasteiger partial charge in [0.2, 0.25) is 0 Å². The number of benzene rings is 3. The van der Waals surface area contributed by atoms with Gasteiger partial charge >= 0.3 is 6.36 Å². The van der Waals surface area contributed by atoms with Crippen molar-refractivity contribution in [2.75, 3.05) is 5.32 Å². The molecule has 3 aromatic carbocycles. The Morgan fingerprint density at radius 1 is 0.938 bits per heavy atom. The van der Waals surface area contributed by atoms with Gasteiger partial charge in [-0.25, -0.2) is 0 Å². The minimum Gasteiger partial charge on any atom is -0.455 e. The van der Waals surface area contributed by atoms with Gasteiger partial charge in [-0.2, -0.15) is 0 Å². The molecule has 162 valence electrons. The van der Waals surface area contributed by atoms with Gasteiger partial charge in [-0.1, -0.05) is 48.5 Å². The summed E-state index contributed by atoms with van der Waals surface area (Å²) in [6.07, 6.45) is -4.92. The minimum absolute atomic E-state index is 0.00130. The average molecular weight is 439 g/mol. The van der Waals surface area contributed by atoms with Gasteiger partial charge in [-0.15, -0.1) is 13.2 Å². The molecule has 0 spiro atoms. The zero-order valence-corrected chi connectivity index (χ0v) is 16.7. The van der Waals surface area contributed by atoms with Crippen LogP contribution in [0, 0.1) is 6.92 Å². The van der Waals surface area contributed by atoms with Crippen LogP contribution in [-0.4, -0.2) is 12.3 Å². The summed E-state index contributed by atoms with van der Waals surface area (Å²) in [5.41, 5.74) is 0.589. The Bertz CT molecular complexity index is 1360. The van der Waals surface area contributed by atoms with Crippen LogP contribution in [0.5, 0.6) is 5.75 Å². The van der Waals surface area contributed by atoms with Crippen molar-refractivity contribution in [3.8, 4) is 17.1 Å². The summed E-state index contributed by atoms with van der Waals surface area (Å²) in [4.78, 5) is 25.9. The number of fused-ring (bicyclic) bond motifs is 1. The molecule has 0 atom stereocenters. The fourth-order valence-electron chi connectivity index (χ4n) is 3.33. The smallest absolute Gasteiger partial charge is 0.455 e. The second kappa shape index (κ2) is 8.22. The molecule has 0 unspecified atom stereocenters. The Morgan fingerprint density at radius 3 is 2.34 bits per heavy atom.